The van der Waals surface area contributed by atoms with E-state index in [1.54, 1.807) is 52.0 Å². The second kappa shape index (κ2) is 8.87. The van der Waals surface area contributed by atoms with Crippen molar-refractivity contribution in [1.82, 2.24) is 0 Å². The van der Waals surface area contributed by atoms with E-state index in [0.29, 0.717) is 11.1 Å². The summed E-state index contributed by atoms with van der Waals surface area (Å²) in [4.78, 5) is 23.2. The quantitative estimate of drug-likeness (QED) is 0.575. The first-order chi connectivity index (χ1) is 8.40. The van der Waals surface area contributed by atoms with Crippen LogP contribution in [0.2, 0.25) is 0 Å². The summed E-state index contributed by atoms with van der Waals surface area (Å²) in [6, 6.07) is 6.23. The van der Waals surface area contributed by atoms with Gasteiger partial charge in [-0.1, -0.05) is 0 Å². The van der Waals surface area contributed by atoms with E-state index in [0.717, 1.165) is 0 Å². The number of hydrogen-bond acceptors (Lipinski definition) is 4. The molecule has 1 aromatic rings. The van der Waals surface area contributed by atoms with Crippen molar-refractivity contribution >= 4 is 11.9 Å². The van der Waals surface area contributed by atoms with Gasteiger partial charge in [0.15, 0.2) is 0 Å². The Kier molecular flexibility index (Phi) is 8.77. The molecule has 0 saturated carbocycles. The molecular formula is C14H19KO4. The van der Waals surface area contributed by atoms with E-state index in [1.165, 1.54) is 0 Å². The molecule has 0 fully saturated rings. The van der Waals surface area contributed by atoms with E-state index in [1.807, 2.05) is 0 Å². The zero-order valence-corrected chi connectivity index (χ0v) is 15.2. The van der Waals surface area contributed by atoms with Gasteiger partial charge in [0.2, 0.25) is 0 Å². The maximum absolute atomic E-state index is 11.6. The van der Waals surface area contributed by atoms with Crippen LogP contribution in [0.25, 0.3) is 0 Å². The van der Waals surface area contributed by atoms with Gasteiger partial charge in [-0.05, 0) is 52.0 Å². The van der Waals surface area contributed by atoms with Crippen LogP contribution in [0.5, 0.6) is 0 Å². The summed E-state index contributed by atoms with van der Waals surface area (Å²) in [5, 5.41) is 0. The summed E-state index contributed by atoms with van der Waals surface area (Å²) in [5.41, 5.74) is 0.842. The zero-order chi connectivity index (χ0) is 13.7. The second-order valence-electron chi connectivity index (χ2n) is 4.49. The molecule has 0 amide bonds. The molecular weight excluding hydrogens is 271 g/mol. The first-order valence-electron chi connectivity index (χ1n) is 5.92. The molecule has 0 bridgehead atoms. The third-order valence-corrected chi connectivity index (χ3v) is 2.04. The van der Waals surface area contributed by atoms with Gasteiger partial charge in [-0.2, -0.15) is 0 Å². The summed E-state index contributed by atoms with van der Waals surface area (Å²) in [6.45, 7) is 7.14. The maximum atomic E-state index is 11.6. The molecule has 0 N–H and O–H groups in total. The van der Waals surface area contributed by atoms with Crippen LogP contribution in [0.1, 0.15) is 49.8 Å². The number of esters is 2. The standard InChI is InChI=1S/C14H18O4.K.H/c1-9(2)17-13(15)11-5-7-12(8-6-11)14(16)18-10(3)4;;/h5-10H,1-4H3;;/q;+1;-1. The predicted octanol–water partition coefficient (Wildman–Crippen LogP) is -0.0665. The molecule has 0 heterocycles. The summed E-state index contributed by atoms with van der Waals surface area (Å²) in [5.74, 6) is -0.789. The second-order valence-corrected chi connectivity index (χ2v) is 4.49. The van der Waals surface area contributed by atoms with Crippen molar-refractivity contribution in [1.29, 1.82) is 0 Å². The summed E-state index contributed by atoms with van der Waals surface area (Å²) in [7, 11) is 0. The van der Waals surface area contributed by atoms with Crippen molar-refractivity contribution in [2.45, 2.75) is 39.9 Å². The van der Waals surface area contributed by atoms with Gasteiger partial charge in [0.1, 0.15) is 0 Å². The van der Waals surface area contributed by atoms with Crippen LogP contribution >= 0.6 is 0 Å². The average molecular weight is 290 g/mol. The Balaban J connectivity index is 0. The molecule has 0 spiro atoms. The van der Waals surface area contributed by atoms with E-state index >= 15 is 0 Å². The van der Waals surface area contributed by atoms with Crippen LogP contribution in [-0.4, -0.2) is 24.1 Å². The Morgan fingerprint density at radius 2 is 1.11 bits per heavy atom. The van der Waals surface area contributed by atoms with E-state index in [2.05, 4.69) is 0 Å². The number of carbonyl (C=O) groups is 2. The van der Waals surface area contributed by atoms with Gasteiger partial charge in [0.05, 0.1) is 23.3 Å². The molecule has 100 valence electrons. The number of benzene rings is 1. The SMILES string of the molecule is CC(C)OC(=O)c1ccc(C(=O)OC(C)C)cc1.[H-].[K+]. The molecule has 0 aliphatic heterocycles. The fraction of sp³-hybridized carbons (Fsp3) is 0.429. The smallest absolute Gasteiger partial charge is 1.00 e. The molecule has 19 heavy (non-hydrogen) atoms. The topological polar surface area (TPSA) is 52.6 Å². The van der Waals surface area contributed by atoms with Crippen LogP contribution < -0.4 is 51.4 Å². The zero-order valence-electron chi connectivity index (χ0n) is 13.1. The number of hydrogen-bond donors (Lipinski definition) is 0. The fourth-order valence-corrected chi connectivity index (χ4v) is 1.31. The van der Waals surface area contributed by atoms with Crippen LogP contribution in [0, 0.1) is 0 Å². The molecule has 0 aromatic heterocycles. The minimum absolute atomic E-state index is 0. The minimum atomic E-state index is -0.395. The largest absolute Gasteiger partial charge is 1.00 e. The minimum Gasteiger partial charge on any atom is -1.00 e. The van der Waals surface area contributed by atoms with Crippen molar-refractivity contribution < 1.29 is 71.9 Å². The van der Waals surface area contributed by atoms with Crippen molar-refractivity contribution in [3.8, 4) is 0 Å². The molecule has 5 heteroatoms. The predicted molar refractivity (Wildman–Crippen MR) is 68.7 cm³/mol. The third-order valence-electron chi connectivity index (χ3n) is 2.04. The monoisotopic (exact) mass is 290 g/mol. The Morgan fingerprint density at radius 3 is 1.32 bits per heavy atom. The first-order valence-corrected chi connectivity index (χ1v) is 5.92. The van der Waals surface area contributed by atoms with Crippen LogP contribution in [-0.2, 0) is 9.47 Å². The van der Waals surface area contributed by atoms with Crippen molar-refractivity contribution in [3.05, 3.63) is 35.4 Å². The van der Waals surface area contributed by atoms with Crippen LogP contribution in [0.3, 0.4) is 0 Å². The molecule has 1 aromatic carbocycles. The molecule has 0 atom stereocenters. The molecule has 0 radical (unpaired) electrons. The Bertz CT molecular complexity index is 388. The first kappa shape index (κ1) is 18.8. The van der Waals surface area contributed by atoms with Gasteiger partial charge in [-0.25, -0.2) is 9.59 Å². The molecule has 1 rings (SSSR count). The van der Waals surface area contributed by atoms with Crippen molar-refractivity contribution in [2.75, 3.05) is 0 Å². The molecule has 4 nitrogen and oxygen atoms in total. The van der Waals surface area contributed by atoms with Gasteiger partial charge in [0.25, 0.3) is 0 Å². The average Bonchev–Trinajstić information content (AvgIpc) is 2.27. The van der Waals surface area contributed by atoms with Crippen LogP contribution in [0.4, 0.5) is 0 Å². The van der Waals surface area contributed by atoms with Crippen molar-refractivity contribution in [3.63, 3.8) is 0 Å². The van der Waals surface area contributed by atoms with Gasteiger partial charge < -0.3 is 10.9 Å². The number of rotatable bonds is 4. The van der Waals surface area contributed by atoms with Gasteiger partial charge in [-0.15, -0.1) is 0 Å². The molecule has 0 aliphatic rings. The number of carbonyl (C=O) groups excluding carboxylic acids is 2. The normalized spacial score (nSPS) is 10.0. The van der Waals surface area contributed by atoms with E-state index in [9.17, 15) is 9.59 Å². The van der Waals surface area contributed by atoms with Gasteiger partial charge in [-0.3, -0.25) is 0 Å². The Hall–Kier alpha value is -0.204. The summed E-state index contributed by atoms with van der Waals surface area (Å²) < 4.78 is 10.1. The Morgan fingerprint density at radius 1 is 0.842 bits per heavy atom. The third kappa shape index (κ3) is 6.67. The number of ether oxygens (including phenoxy) is 2. The molecule has 0 saturated heterocycles. The molecule has 0 aliphatic carbocycles. The van der Waals surface area contributed by atoms with Gasteiger partial charge >= 0.3 is 63.3 Å². The maximum Gasteiger partial charge on any atom is 1.00 e. The van der Waals surface area contributed by atoms with E-state index < -0.39 is 11.9 Å². The van der Waals surface area contributed by atoms with Crippen molar-refractivity contribution in [2.24, 2.45) is 0 Å². The summed E-state index contributed by atoms with van der Waals surface area (Å²) >= 11 is 0. The van der Waals surface area contributed by atoms with E-state index in [4.69, 9.17) is 9.47 Å². The van der Waals surface area contributed by atoms with E-state index in [-0.39, 0.29) is 65.0 Å². The van der Waals surface area contributed by atoms with Crippen LogP contribution in [0.15, 0.2) is 24.3 Å². The Labute approximate surface area is 157 Å². The molecule has 0 unspecified atom stereocenters. The summed E-state index contributed by atoms with van der Waals surface area (Å²) in [6.07, 6.45) is -0.328. The van der Waals surface area contributed by atoms with Gasteiger partial charge in [0, 0.05) is 0 Å². The fourth-order valence-electron chi connectivity index (χ4n) is 1.31.